The fraction of sp³-hybridized carbons (Fsp3) is 0.625. The van der Waals surface area contributed by atoms with Crippen molar-refractivity contribution >= 4 is 34.0 Å². The van der Waals surface area contributed by atoms with Crippen molar-refractivity contribution in [2.75, 3.05) is 32.0 Å². The van der Waals surface area contributed by atoms with Crippen molar-refractivity contribution in [3.63, 3.8) is 0 Å². The number of nitrogens with one attached hydrogen (secondary N) is 1. The third-order valence-corrected chi connectivity index (χ3v) is 6.78. The van der Waals surface area contributed by atoms with Crippen molar-refractivity contribution in [2.45, 2.75) is 31.4 Å². The first-order valence-corrected chi connectivity index (χ1v) is 10.1. The highest BCUT2D eigenvalue weighted by molar-refractivity contribution is 7.89. The maximum atomic E-state index is 12.9. The van der Waals surface area contributed by atoms with Gasteiger partial charge in [-0.1, -0.05) is 29.8 Å². The average molecular weight is 395 g/mol. The van der Waals surface area contributed by atoms with Crippen molar-refractivity contribution in [1.29, 1.82) is 0 Å². The molecule has 136 valence electrons. The minimum Gasteiger partial charge on any atom is -0.377 e. The Morgan fingerprint density at radius 3 is 2.79 bits per heavy atom. The molecule has 2 heterocycles. The minimum atomic E-state index is -3.39. The molecule has 2 fully saturated rings. The molecule has 0 spiro atoms. The summed E-state index contributed by atoms with van der Waals surface area (Å²) < 4.78 is 33.1. The van der Waals surface area contributed by atoms with E-state index < -0.39 is 10.0 Å². The fourth-order valence-corrected chi connectivity index (χ4v) is 5.43. The van der Waals surface area contributed by atoms with Crippen LogP contribution >= 0.6 is 24.0 Å². The van der Waals surface area contributed by atoms with Gasteiger partial charge in [0.2, 0.25) is 10.0 Å². The Labute approximate surface area is 155 Å². The van der Waals surface area contributed by atoms with Gasteiger partial charge in [0.05, 0.1) is 17.9 Å². The van der Waals surface area contributed by atoms with E-state index in [-0.39, 0.29) is 30.3 Å². The van der Waals surface area contributed by atoms with Crippen LogP contribution in [-0.2, 0) is 14.8 Å². The summed E-state index contributed by atoms with van der Waals surface area (Å²) in [6.07, 6.45) is 2.69. The highest BCUT2D eigenvalue weighted by Gasteiger charge is 2.36. The SMILES string of the molecule is Cl.O=S(=O)(CC1CCCCO1)N1CCNCC1c1ccccc1Cl. The van der Waals surface area contributed by atoms with E-state index in [1.54, 1.807) is 10.4 Å². The number of sulfonamides is 1. The predicted molar refractivity (Wildman–Crippen MR) is 98.4 cm³/mol. The largest absolute Gasteiger partial charge is 0.377 e. The van der Waals surface area contributed by atoms with E-state index >= 15 is 0 Å². The van der Waals surface area contributed by atoms with Crippen molar-refractivity contribution in [3.8, 4) is 0 Å². The number of halogens is 2. The molecule has 2 unspecified atom stereocenters. The second-order valence-corrected chi connectivity index (χ2v) is 8.49. The molecule has 3 rings (SSSR count). The van der Waals surface area contributed by atoms with Gasteiger partial charge in [-0.05, 0) is 30.9 Å². The van der Waals surface area contributed by atoms with E-state index in [9.17, 15) is 8.42 Å². The molecule has 0 bridgehead atoms. The zero-order valence-electron chi connectivity index (χ0n) is 13.5. The number of piperazine rings is 1. The monoisotopic (exact) mass is 394 g/mol. The van der Waals surface area contributed by atoms with Crippen molar-refractivity contribution in [3.05, 3.63) is 34.9 Å². The maximum absolute atomic E-state index is 12.9. The van der Waals surface area contributed by atoms with Gasteiger partial charge in [0.25, 0.3) is 0 Å². The predicted octanol–water partition coefficient (Wildman–Crippen LogP) is 2.61. The lowest BCUT2D eigenvalue weighted by Gasteiger charge is -2.37. The summed E-state index contributed by atoms with van der Waals surface area (Å²) in [4.78, 5) is 0. The number of rotatable bonds is 4. The van der Waals surface area contributed by atoms with Crippen molar-refractivity contribution in [2.24, 2.45) is 0 Å². The highest BCUT2D eigenvalue weighted by Crippen LogP contribution is 2.31. The number of benzene rings is 1. The van der Waals surface area contributed by atoms with Gasteiger partial charge >= 0.3 is 0 Å². The molecule has 0 saturated carbocycles. The highest BCUT2D eigenvalue weighted by atomic mass is 35.5. The first-order valence-electron chi connectivity index (χ1n) is 8.14. The second kappa shape index (κ2) is 8.83. The van der Waals surface area contributed by atoms with Gasteiger partial charge in [-0.3, -0.25) is 0 Å². The van der Waals surface area contributed by atoms with Gasteiger partial charge < -0.3 is 10.1 Å². The molecule has 1 N–H and O–H groups in total. The van der Waals surface area contributed by atoms with Gasteiger partial charge in [0, 0.05) is 31.3 Å². The summed E-state index contributed by atoms with van der Waals surface area (Å²) in [5.74, 6) is 0.0634. The van der Waals surface area contributed by atoms with Crippen LogP contribution in [0.1, 0.15) is 30.9 Å². The molecular formula is C16H24Cl2N2O3S. The van der Waals surface area contributed by atoms with Gasteiger partial charge in [0.1, 0.15) is 0 Å². The number of ether oxygens (including phenoxy) is 1. The van der Waals surface area contributed by atoms with Crippen LogP contribution in [0.3, 0.4) is 0 Å². The van der Waals surface area contributed by atoms with Crippen LogP contribution in [0, 0.1) is 0 Å². The van der Waals surface area contributed by atoms with E-state index in [4.69, 9.17) is 16.3 Å². The molecule has 1 aromatic carbocycles. The second-order valence-electron chi connectivity index (χ2n) is 6.12. The van der Waals surface area contributed by atoms with E-state index in [1.165, 1.54) is 0 Å². The maximum Gasteiger partial charge on any atom is 0.217 e. The van der Waals surface area contributed by atoms with Crippen LogP contribution in [0.2, 0.25) is 5.02 Å². The Morgan fingerprint density at radius 2 is 2.08 bits per heavy atom. The average Bonchev–Trinajstić information content (AvgIpc) is 2.56. The molecule has 1 aromatic rings. The Balaban J connectivity index is 0.00000208. The Kier molecular flexibility index (Phi) is 7.34. The molecule has 0 radical (unpaired) electrons. The summed E-state index contributed by atoms with van der Waals surface area (Å²) in [5, 5.41) is 3.88. The lowest BCUT2D eigenvalue weighted by Crippen LogP contribution is -2.50. The Bertz CT molecular complexity index is 636. The first-order chi connectivity index (χ1) is 11.1. The first kappa shape index (κ1) is 19.9. The molecule has 5 nitrogen and oxygen atoms in total. The lowest BCUT2D eigenvalue weighted by molar-refractivity contribution is 0.0296. The molecule has 2 saturated heterocycles. The van der Waals surface area contributed by atoms with Crippen molar-refractivity contribution in [1.82, 2.24) is 9.62 Å². The number of hydrogen-bond acceptors (Lipinski definition) is 4. The Hall–Kier alpha value is -0.370. The third-order valence-electron chi connectivity index (χ3n) is 4.49. The van der Waals surface area contributed by atoms with E-state index in [2.05, 4.69) is 5.32 Å². The summed E-state index contributed by atoms with van der Waals surface area (Å²) in [7, 11) is -3.39. The number of nitrogens with zero attached hydrogens (tertiary/aromatic N) is 1. The standard InChI is InChI=1S/C16H23ClN2O3S.ClH/c17-15-7-2-1-6-14(15)16-11-18-8-9-19(16)23(20,21)12-13-5-3-4-10-22-13;/h1-2,6-7,13,16,18H,3-5,8-12H2;1H. The van der Waals surface area contributed by atoms with Gasteiger partial charge in [-0.15, -0.1) is 12.4 Å². The summed E-state index contributed by atoms with van der Waals surface area (Å²) in [5.41, 5.74) is 0.856. The van der Waals surface area contributed by atoms with Gasteiger partial charge in [0.15, 0.2) is 0 Å². The molecule has 8 heteroatoms. The van der Waals surface area contributed by atoms with Crippen LogP contribution in [0.15, 0.2) is 24.3 Å². The van der Waals surface area contributed by atoms with Crippen LogP contribution in [-0.4, -0.2) is 50.8 Å². The van der Waals surface area contributed by atoms with Crippen LogP contribution in [0.5, 0.6) is 0 Å². The minimum absolute atomic E-state index is 0. The topological polar surface area (TPSA) is 58.6 Å². The van der Waals surface area contributed by atoms with Crippen LogP contribution in [0.4, 0.5) is 0 Å². The van der Waals surface area contributed by atoms with Crippen LogP contribution < -0.4 is 5.32 Å². The molecular weight excluding hydrogens is 371 g/mol. The number of hydrogen-bond donors (Lipinski definition) is 1. The van der Waals surface area contributed by atoms with E-state index in [1.807, 2.05) is 18.2 Å². The molecule has 0 aromatic heterocycles. The molecule has 24 heavy (non-hydrogen) atoms. The molecule has 2 aliphatic rings. The quantitative estimate of drug-likeness (QED) is 0.852. The molecule has 2 aliphatic heterocycles. The third kappa shape index (κ3) is 4.62. The van der Waals surface area contributed by atoms with E-state index in [0.717, 1.165) is 24.8 Å². The molecule has 0 aliphatic carbocycles. The zero-order chi connectivity index (χ0) is 16.3. The normalized spacial score (nSPS) is 25.9. The summed E-state index contributed by atoms with van der Waals surface area (Å²) >= 11 is 6.29. The van der Waals surface area contributed by atoms with Crippen molar-refractivity contribution < 1.29 is 13.2 Å². The smallest absolute Gasteiger partial charge is 0.217 e. The summed E-state index contributed by atoms with van der Waals surface area (Å²) in [6, 6.07) is 7.20. The van der Waals surface area contributed by atoms with E-state index in [0.29, 0.717) is 31.3 Å². The lowest BCUT2D eigenvalue weighted by atomic mass is 10.1. The molecule has 2 atom stereocenters. The van der Waals surface area contributed by atoms with Gasteiger partial charge in [-0.2, -0.15) is 4.31 Å². The molecule has 0 amide bonds. The Morgan fingerprint density at radius 1 is 1.29 bits per heavy atom. The summed E-state index contributed by atoms with van der Waals surface area (Å²) in [6.45, 7) is 2.36. The van der Waals surface area contributed by atoms with Crippen LogP contribution in [0.25, 0.3) is 0 Å². The zero-order valence-corrected chi connectivity index (χ0v) is 15.9. The van der Waals surface area contributed by atoms with Gasteiger partial charge in [-0.25, -0.2) is 8.42 Å². The fourth-order valence-electron chi connectivity index (χ4n) is 3.30.